The van der Waals surface area contributed by atoms with Crippen LogP contribution in [0, 0.1) is 10.1 Å². The van der Waals surface area contributed by atoms with Gasteiger partial charge in [-0.25, -0.2) is 8.78 Å². The van der Waals surface area contributed by atoms with Gasteiger partial charge in [0, 0.05) is 24.4 Å². The molecule has 1 N–H and O–H groups in total. The number of benzene rings is 2. The van der Waals surface area contributed by atoms with Gasteiger partial charge in [0.05, 0.1) is 9.82 Å². The SMILES string of the molecule is Cn1cnnc1Sc1ccc(C(=O)Nc2ccc(OCC(F)F)cc2)cc1[N+](=O)[O-]. The third-order valence-corrected chi connectivity index (χ3v) is 4.89. The number of ether oxygens (including phenoxy) is 1. The fourth-order valence-electron chi connectivity index (χ4n) is 2.35. The molecule has 0 aliphatic rings. The summed E-state index contributed by atoms with van der Waals surface area (Å²) in [6.07, 6.45) is -1.12. The summed E-state index contributed by atoms with van der Waals surface area (Å²) in [6, 6.07) is 9.92. The second-order valence-electron chi connectivity index (χ2n) is 5.95. The fourth-order valence-corrected chi connectivity index (χ4v) is 3.20. The van der Waals surface area contributed by atoms with Crippen LogP contribution < -0.4 is 10.1 Å². The lowest BCUT2D eigenvalue weighted by Crippen LogP contribution is -2.12. The Morgan fingerprint density at radius 2 is 2.03 bits per heavy atom. The van der Waals surface area contributed by atoms with Gasteiger partial charge in [0.25, 0.3) is 18.0 Å². The first-order valence-corrected chi connectivity index (χ1v) is 9.28. The molecule has 0 saturated heterocycles. The third kappa shape index (κ3) is 5.29. The molecule has 0 spiro atoms. The number of aromatic nitrogens is 3. The van der Waals surface area contributed by atoms with Gasteiger partial charge in [0.15, 0.2) is 5.16 Å². The molecule has 3 rings (SSSR count). The van der Waals surface area contributed by atoms with E-state index in [1.54, 1.807) is 11.6 Å². The molecule has 9 nitrogen and oxygen atoms in total. The van der Waals surface area contributed by atoms with Crippen LogP contribution in [0.5, 0.6) is 5.75 Å². The highest BCUT2D eigenvalue weighted by atomic mass is 32.2. The van der Waals surface area contributed by atoms with Gasteiger partial charge in [-0.2, -0.15) is 0 Å². The van der Waals surface area contributed by atoms with Crippen LogP contribution >= 0.6 is 11.8 Å². The van der Waals surface area contributed by atoms with Gasteiger partial charge >= 0.3 is 0 Å². The predicted molar refractivity (Wildman–Crippen MR) is 104 cm³/mol. The number of nitro benzene ring substituents is 1. The Labute approximate surface area is 173 Å². The van der Waals surface area contributed by atoms with Gasteiger partial charge in [-0.3, -0.25) is 14.9 Å². The van der Waals surface area contributed by atoms with Gasteiger partial charge in [0.2, 0.25) is 0 Å². The number of amides is 1. The maximum Gasteiger partial charge on any atom is 0.284 e. The zero-order valence-electron chi connectivity index (χ0n) is 15.5. The molecule has 0 atom stereocenters. The number of carbonyl (C=O) groups excluding carboxylic acids is 1. The molecule has 0 aliphatic heterocycles. The minimum Gasteiger partial charge on any atom is -0.488 e. The molecule has 0 bridgehead atoms. The van der Waals surface area contributed by atoms with Gasteiger partial charge < -0.3 is 14.6 Å². The van der Waals surface area contributed by atoms with Gasteiger partial charge in [-0.15, -0.1) is 10.2 Å². The molecule has 3 aromatic rings. The predicted octanol–water partition coefficient (Wildman–Crippen LogP) is 3.77. The number of rotatable bonds is 8. The van der Waals surface area contributed by atoms with E-state index in [9.17, 15) is 23.7 Å². The number of alkyl halides is 2. The first-order valence-electron chi connectivity index (χ1n) is 8.46. The lowest BCUT2D eigenvalue weighted by molar-refractivity contribution is -0.387. The van der Waals surface area contributed by atoms with Crippen molar-refractivity contribution in [2.24, 2.45) is 7.05 Å². The molecular formula is C18H15F2N5O4S. The largest absolute Gasteiger partial charge is 0.488 e. The second kappa shape index (κ2) is 9.31. The number of nitro groups is 1. The molecule has 0 aliphatic carbocycles. The molecule has 1 amide bonds. The maximum atomic E-state index is 12.5. The highest BCUT2D eigenvalue weighted by Crippen LogP contribution is 2.34. The monoisotopic (exact) mass is 435 g/mol. The zero-order valence-corrected chi connectivity index (χ0v) is 16.3. The first kappa shape index (κ1) is 21.2. The van der Waals surface area contributed by atoms with Crippen molar-refractivity contribution in [3.63, 3.8) is 0 Å². The highest BCUT2D eigenvalue weighted by molar-refractivity contribution is 7.99. The summed E-state index contributed by atoms with van der Waals surface area (Å²) in [6.45, 7) is -0.728. The van der Waals surface area contributed by atoms with Crippen LogP contribution in [0.15, 0.2) is 58.8 Å². The summed E-state index contributed by atoms with van der Waals surface area (Å²) in [5.74, 6) is -0.330. The van der Waals surface area contributed by atoms with E-state index in [2.05, 4.69) is 15.5 Å². The summed E-state index contributed by atoms with van der Waals surface area (Å²) in [5, 5.41) is 22.1. The van der Waals surface area contributed by atoms with Crippen LogP contribution in [-0.2, 0) is 7.05 Å². The van der Waals surface area contributed by atoms with E-state index in [4.69, 9.17) is 4.74 Å². The van der Waals surface area contributed by atoms with Crippen molar-refractivity contribution in [3.8, 4) is 5.75 Å². The number of halogens is 2. The van der Waals surface area contributed by atoms with E-state index < -0.39 is 23.9 Å². The number of anilines is 1. The lowest BCUT2D eigenvalue weighted by Gasteiger charge is -2.09. The van der Waals surface area contributed by atoms with Gasteiger partial charge in [-0.05, 0) is 48.2 Å². The Bertz CT molecular complexity index is 1060. The molecule has 1 aromatic heterocycles. The van der Waals surface area contributed by atoms with Crippen LogP contribution in [-0.4, -0.2) is 38.6 Å². The van der Waals surface area contributed by atoms with Crippen LogP contribution in [0.2, 0.25) is 0 Å². The van der Waals surface area contributed by atoms with Crippen molar-refractivity contribution < 1.29 is 23.2 Å². The topological polar surface area (TPSA) is 112 Å². The summed E-state index contributed by atoms with van der Waals surface area (Å²) >= 11 is 1.06. The van der Waals surface area contributed by atoms with Gasteiger partial charge in [0.1, 0.15) is 18.7 Å². The quantitative estimate of drug-likeness (QED) is 0.423. The van der Waals surface area contributed by atoms with E-state index >= 15 is 0 Å². The van der Waals surface area contributed by atoms with E-state index in [0.717, 1.165) is 11.8 Å². The average molecular weight is 435 g/mol. The Balaban J connectivity index is 1.73. The van der Waals surface area contributed by atoms with E-state index in [0.29, 0.717) is 15.7 Å². The number of hydrogen-bond donors (Lipinski definition) is 1. The normalized spacial score (nSPS) is 10.8. The molecule has 12 heteroatoms. The Kier molecular flexibility index (Phi) is 6.57. The van der Waals surface area contributed by atoms with E-state index in [-0.39, 0.29) is 17.0 Å². The average Bonchev–Trinajstić information content (AvgIpc) is 3.12. The zero-order chi connectivity index (χ0) is 21.7. The second-order valence-corrected chi connectivity index (χ2v) is 6.96. The lowest BCUT2D eigenvalue weighted by atomic mass is 10.2. The first-order chi connectivity index (χ1) is 14.3. The molecule has 0 fully saturated rings. The van der Waals surface area contributed by atoms with Crippen molar-refractivity contribution in [2.45, 2.75) is 16.5 Å². The number of carbonyl (C=O) groups is 1. The van der Waals surface area contributed by atoms with Gasteiger partial charge in [-0.1, -0.05) is 0 Å². The Hall–Kier alpha value is -3.54. The highest BCUT2D eigenvalue weighted by Gasteiger charge is 2.20. The van der Waals surface area contributed by atoms with Crippen LogP contribution in [0.4, 0.5) is 20.2 Å². The van der Waals surface area contributed by atoms with Crippen LogP contribution in [0.25, 0.3) is 0 Å². The number of hydrogen-bond acceptors (Lipinski definition) is 7. The van der Waals surface area contributed by atoms with E-state index in [1.165, 1.54) is 48.8 Å². The summed E-state index contributed by atoms with van der Waals surface area (Å²) in [5.41, 5.74) is 0.220. The van der Waals surface area contributed by atoms with Crippen molar-refractivity contribution in [2.75, 3.05) is 11.9 Å². The minimum absolute atomic E-state index is 0.0852. The molecule has 2 aromatic carbocycles. The molecule has 0 saturated carbocycles. The molecule has 0 radical (unpaired) electrons. The Morgan fingerprint density at radius 1 is 1.30 bits per heavy atom. The summed E-state index contributed by atoms with van der Waals surface area (Å²) in [4.78, 5) is 23.7. The summed E-state index contributed by atoms with van der Waals surface area (Å²) in [7, 11) is 1.71. The maximum absolute atomic E-state index is 12.5. The molecular weight excluding hydrogens is 420 g/mol. The number of nitrogens with one attached hydrogen (secondary N) is 1. The summed E-state index contributed by atoms with van der Waals surface area (Å²) < 4.78 is 30.8. The third-order valence-electron chi connectivity index (χ3n) is 3.78. The molecule has 156 valence electrons. The molecule has 0 unspecified atom stereocenters. The number of nitrogens with zero attached hydrogens (tertiary/aromatic N) is 4. The molecule has 30 heavy (non-hydrogen) atoms. The minimum atomic E-state index is -2.59. The van der Waals surface area contributed by atoms with Crippen LogP contribution in [0.3, 0.4) is 0 Å². The van der Waals surface area contributed by atoms with Crippen molar-refractivity contribution in [1.82, 2.24) is 14.8 Å². The van der Waals surface area contributed by atoms with Crippen LogP contribution in [0.1, 0.15) is 10.4 Å². The smallest absolute Gasteiger partial charge is 0.284 e. The van der Waals surface area contributed by atoms with Crippen molar-refractivity contribution in [1.29, 1.82) is 0 Å². The molecule has 1 heterocycles. The Morgan fingerprint density at radius 3 is 2.63 bits per heavy atom. The fraction of sp³-hybridized carbons (Fsp3) is 0.167. The van der Waals surface area contributed by atoms with Crippen molar-refractivity contribution >= 4 is 29.0 Å². The standard InChI is InChI=1S/C18H15F2N5O4S/c1-24-10-21-23-18(24)30-15-7-2-11(8-14(15)25(27)28)17(26)22-12-3-5-13(6-4-12)29-9-16(19)20/h2-8,10,16H,9H2,1H3,(H,22,26). The van der Waals surface area contributed by atoms with E-state index in [1.807, 2.05) is 0 Å². The number of aryl methyl sites for hydroxylation is 1. The van der Waals surface area contributed by atoms with Crippen molar-refractivity contribution in [3.05, 3.63) is 64.5 Å².